The number of nitriles is 1. The number of nitrogens with zero attached hydrogens (tertiary/aromatic N) is 2. The number of aryl methyl sites for hydroxylation is 1. The number of benzene rings is 1. The van der Waals surface area contributed by atoms with E-state index in [1.807, 2.05) is 25.1 Å². The molecule has 1 heterocycles. The molecule has 23 heavy (non-hydrogen) atoms. The Hall–Kier alpha value is -2.84. The highest BCUT2D eigenvalue weighted by Gasteiger charge is 2.11. The fourth-order valence-corrected chi connectivity index (χ4v) is 2.02. The second kappa shape index (κ2) is 7.43. The summed E-state index contributed by atoms with van der Waals surface area (Å²) in [5, 5.41) is 15.2. The molecule has 0 bridgehead atoms. The molecule has 2 rings (SSSR count). The molecule has 0 atom stereocenters. The number of anilines is 2. The van der Waals surface area contributed by atoms with Crippen LogP contribution in [-0.4, -0.2) is 10.9 Å². The third-order valence-corrected chi connectivity index (χ3v) is 3.57. The molecule has 0 spiro atoms. The number of pyridine rings is 1. The van der Waals surface area contributed by atoms with Crippen molar-refractivity contribution >= 4 is 29.0 Å². The fraction of sp³-hybridized carbons (Fsp3) is 0.118. The van der Waals surface area contributed by atoms with Gasteiger partial charge in [0.15, 0.2) is 0 Å². The van der Waals surface area contributed by atoms with Gasteiger partial charge in [-0.1, -0.05) is 17.7 Å². The highest BCUT2D eigenvalue weighted by Crippen LogP contribution is 2.23. The number of carbonyl (C=O) groups excluding carboxylic acids is 1. The first-order chi connectivity index (χ1) is 11.0. The molecule has 2 N–H and O–H groups in total. The Bertz CT molecular complexity index is 808. The predicted octanol–water partition coefficient (Wildman–Crippen LogP) is 3.81. The number of amides is 1. The molecular weight excluding hydrogens is 312 g/mol. The number of hydrogen-bond donors (Lipinski definition) is 2. The molecule has 1 aromatic heterocycles. The van der Waals surface area contributed by atoms with E-state index >= 15 is 0 Å². The van der Waals surface area contributed by atoms with Crippen LogP contribution in [0.15, 0.2) is 48.3 Å². The predicted molar refractivity (Wildman–Crippen MR) is 91.1 cm³/mol. The van der Waals surface area contributed by atoms with Gasteiger partial charge in [0.05, 0.1) is 0 Å². The van der Waals surface area contributed by atoms with Gasteiger partial charge in [0.2, 0.25) is 0 Å². The highest BCUT2D eigenvalue weighted by molar-refractivity contribution is 6.31. The monoisotopic (exact) mass is 326 g/mol. The Morgan fingerprint density at radius 3 is 2.83 bits per heavy atom. The Morgan fingerprint density at radius 1 is 1.35 bits per heavy atom. The third-order valence-electron chi connectivity index (χ3n) is 3.16. The molecule has 0 aliphatic heterocycles. The first kappa shape index (κ1) is 16.5. The van der Waals surface area contributed by atoms with Crippen molar-refractivity contribution in [1.29, 1.82) is 5.26 Å². The van der Waals surface area contributed by atoms with E-state index in [1.54, 1.807) is 31.3 Å². The summed E-state index contributed by atoms with van der Waals surface area (Å²) in [5.41, 5.74) is 2.27. The molecule has 1 aromatic carbocycles. The van der Waals surface area contributed by atoms with Gasteiger partial charge < -0.3 is 10.6 Å². The maximum atomic E-state index is 12.2. The number of rotatable bonds is 4. The molecule has 2 aromatic rings. The van der Waals surface area contributed by atoms with Crippen molar-refractivity contribution in [3.8, 4) is 6.07 Å². The van der Waals surface area contributed by atoms with E-state index in [2.05, 4.69) is 15.6 Å². The van der Waals surface area contributed by atoms with Gasteiger partial charge in [-0.05, 0) is 49.2 Å². The molecule has 116 valence electrons. The van der Waals surface area contributed by atoms with Crippen LogP contribution in [0.4, 0.5) is 11.5 Å². The number of hydrogen-bond acceptors (Lipinski definition) is 4. The van der Waals surface area contributed by atoms with E-state index in [9.17, 15) is 4.79 Å². The molecule has 1 amide bonds. The van der Waals surface area contributed by atoms with Crippen molar-refractivity contribution in [2.24, 2.45) is 0 Å². The van der Waals surface area contributed by atoms with E-state index in [0.29, 0.717) is 16.5 Å². The van der Waals surface area contributed by atoms with E-state index in [-0.39, 0.29) is 5.57 Å². The van der Waals surface area contributed by atoms with Gasteiger partial charge in [0.1, 0.15) is 17.5 Å². The molecule has 6 heteroatoms. The van der Waals surface area contributed by atoms with Crippen molar-refractivity contribution in [3.63, 3.8) is 0 Å². The van der Waals surface area contributed by atoms with Gasteiger partial charge in [-0.3, -0.25) is 4.79 Å². The van der Waals surface area contributed by atoms with Crippen molar-refractivity contribution in [1.82, 2.24) is 4.98 Å². The minimum Gasteiger partial charge on any atom is -0.345 e. The zero-order chi connectivity index (χ0) is 16.8. The fourth-order valence-electron chi connectivity index (χ4n) is 1.84. The molecule has 0 saturated carbocycles. The quantitative estimate of drug-likeness (QED) is 0.661. The second-order valence-electron chi connectivity index (χ2n) is 4.90. The molecule has 0 fully saturated rings. The molecule has 0 aliphatic carbocycles. The lowest BCUT2D eigenvalue weighted by Gasteiger charge is -2.09. The molecule has 5 nitrogen and oxygen atoms in total. The van der Waals surface area contributed by atoms with Crippen LogP contribution in [0.5, 0.6) is 0 Å². The topological polar surface area (TPSA) is 77.8 Å². The molecular formula is C17H15ClN4O. The minimum atomic E-state index is -0.516. The number of carbonyl (C=O) groups is 1. The van der Waals surface area contributed by atoms with Crippen LogP contribution in [-0.2, 0) is 4.79 Å². The van der Waals surface area contributed by atoms with Gasteiger partial charge in [0.25, 0.3) is 5.91 Å². The Kier molecular flexibility index (Phi) is 5.34. The van der Waals surface area contributed by atoms with Gasteiger partial charge in [-0.2, -0.15) is 5.26 Å². The third kappa shape index (κ3) is 4.31. The SMILES string of the molecule is Cc1ccnc(N/C=C(/C#N)C(=O)Nc2cccc(Cl)c2C)c1. The zero-order valence-electron chi connectivity index (χ0n) is 12.7. The van der Waals surface area contributed by atoms with Gasteiger partial charge >= 0.3 is 0 Å². The standard InChI is InChI=1S/C17H15ClN4O/c1-11-6-7-20-16(8-11)21-10-13(9-19)17(23)22-15-5-3-4-14(18)12(15)2/h3-8,10H,1-2H3,(H,20,21)(H,22,23)/b13-10-. The average Bonchev–Trinajstić information content (AvgIpc) is 2.52. The van der Waals surface area contributed by atoms with Crippen LogP contribution in [0.2, 0.25) is 5.02 Å². The summed E-state index contributed by atoms with van der Waals surface area (Å²) < 4.78 is 0. The van der Waals surface area contributed by atoms with Gasteiger partial charge in [-0.15, -0.1) is 0 Å². The number of halogens is 1. The van der Waals surface area contributed by atoms with Crippen LogP contribution >= 0.6 is 11.6 Å². The van der Waals surface area contributed by atoms with E-state index in [4.69, 9.17) is 16.9 Å². The summed E-state index contributed by atoms with van der Waals surface area (Å²) in [6.45, 7) is 3.72. The Morgan fingerprint density at radius 2 is 2.13 bits per heavy atom. The largest absolute Gasteiger partial charge is 0.345 e. The van der Waals surface area contributed by atoms with Crippen LogP contribution < -0.4 is 10.6 Å². The lowest BCUT2D eigenvalue weighted by atomic mass is 10.2. The molecule has 0 unspecified atom stereocenters. The summed E-state index contributed by atoms with van der Waals surface area (Å²) in [5.74, 6) is 0.0440. The summed E-state index contributed by atoms with van der Waals surface area (Å²) in [7, 11) is 0. The smallest absolute Gasteiger partial charge is 0.267 e. The average molecular weight is 327 g/mol. The molecule has 0 aliphatic rings. The number of aromatic nitrogens is 1. The van der Waals surface area contributed by atoms with E-state index in [0.717, 1.165) is 11.1 Å². The maximum Gasteiger partial charge on any atom is 0.267 e. The molecule has 0 radical (unpaired) electrons. The van der Waals surface area contributed by atoms with Crippen molar-refractivity contribution in [2.45, 2.75) is 13.8 Å². The van der Waals surface area contributed by atoms with Crippen LogP contribution in [0.3, 0.4) is 0 Å². The van der Waals surface area contributed by atoms with Crippen LogP contribution in [0.25, 0.3) is 0 Å². The Balaban J connectivity index is 2.14. The van der Waals surface area contributed by atoms with Crippen molar-refractivity contribution in [2.75, 3.05) is 10.6 Å². The summed E-state index contributed by atoms with van der Waals surface area (Å²) >= 11 is 6.02. The van der Waals surface area contributed by atoms with Crippen LogP contribution in [0.1, 0.15) is 11.1 Å². The summed E-state index contributed by atoms with van der Waals surface area (Å²) in [4.78, 5) is 16.3. The summed E-state index contributed by atoms with van der Waals surface area (Å²) in [6.07, 6.45) is 2.98. The zero-order valence-corrected chi connectivity index (χ0v) is 13.5. The minimum absolute atomic E-state index is 0.0623. The Labute approximate surface area is 139 Å². The number of nitrogens with one attached hydrogen (secondary N) is 2. The lowest BCUT2D eigenvalue weighted by molar-refractivity contribution is -0.112. The van der Waals surface area contributed by atoms with Gasteiger partial charge in [-0.25, -0.2) is 4.98 Å². The van der Waals surface area contributed by atoms with Gasteiger partial charge in [0, 0.05) is 23.1 Å². The second-order valence-corrected chi connectivity index (χ2v) is 5.31. The normalized spacial score (nSPS) is 10.8. The van der Waals surface area contributed by atoms with E-state index < -0.39 is 5.91 Å². The maximum absolute atomic E-state index is 12.2. The first-order valence-corrected chi connectivity index (χ1v) is 7.25. The van der Waals surface area contributed by atoms with Crippen molar-refractivity contribution in [3.05, 3.63) is 64.5 Å². The lowest BCUT2D eigenvalue weighted by Crippen LogP contribution is -2.15. The van der Waals surface area contributed by atoms with Crippen LogP contribution in [0, 0.1) is 25.2 Å². The molecule has 0 saturated heterocycles. The first-order valence-electron chi connectivity index (χ1n) is 6.87. The van der Waals surface area contributed by atoms with Crippen molar-refractivity contribution < 1.29 is 4.79 Å². The van der Waals surface area contributed by atoms with E-state index in [1.165, 1.54) is 6.20 Å². The summed E-state index contributed by atoms with van der Waals surface area (Å²) in [6, 6.07) is 10.7. The highest BCUT2D eigenvalue weighted by atomic mass is 35.5.